The van der Waals surface area contributed by atoms with Crippen LogP contribution >= 0.6 is 27.3 Å². The van der Waals surface area contributed by atoms with Gasteiger partial charge in [-0.05, 0) is 34.1 Å². The van der Waals surface area contributed by atoms with Crippen LogP contribution in [0.15, 0.2) is 22.0 Å². The van der Waals surface area contributed by atoms with Gasteiger partial charge >= 0.3 is 0 Å². The first-order valence-electron chi connectivity index (χ1n) is 4.46. The zero-order chi connectivity index (χ0) is 12.1. The van der Waals surface area contributed by atoms with Crippen molar-refractivity contribution in [2.45, 2.75) is 0 Å². The van der Waals surface area contributed by atoms with E-state index in [1.165, 1.54) is 29.4 Å². The van der Waals surface area contributed by atoms with Crippen LogP contribution in [-0.2, 0) is 9.59 Å². The van der Waals surface area contributed by atoms with Crippen LogP contribution in [0.2, 0.25) is 0 Å². The van der Waals surface area contributed by atoms with Gasteiger partial charge in [0.25, 0.3) is 0 Å². The van der Waals surface area contributed by atoms with Crippen LogP contribution in [-0.4, -0.2) is 30.3 Å². The number of thiophene rings is 1. The molecule has 0 saturated heterocycles. The van der Waals surface area contributed by atoms with E-state index in [2.05, 4.69) is 15.9 Å². The first-order chi connectivity index (χ1) is 7.49. The molecule has 0 aliphatic heterocycles. The Balaban J connectivity index is 2.57. The second-order valence-electron chi connectivity index (χ2n) is 3.14. The van der Waals surface area contributed by atoms with Crippen LogP contribution in [0.4, 0.5) is 0 Å². The van der Waals surface area contributed by atoms with Gasteiger partial charge in [0.1, 0.15) is 0 Å². The minimum absolute atomic E-state index is 0.0721. The third-order valence-electron chi connectivity index (χ3n) is 1.75. The molecule has 0 spiro atoms. The normalized spacial score (nSPS) is 10.6. The highest BCUT2D eigenvalue weighted by Crippen LogP contribution is 2.22. The lowest BCUT2D eigenvalue weighted by Crippen LogP contribution is -2.34. The van der Waals surface area contributed by atoms with Crippen LogP contribution in [0.25, 0.3) is 6.08 Å². The predicted molar refractivity (Wildman–Crippen MR) is 67.9 cm³/mol. The quantitative estimate of drug-likeness (QED) is 0.856. The second kappa shape index (κ2) is 5.81. The molecule has 0 unspecified atom stereocenters. The Hall–Kier alpha value is -1.14. The maximum atomic E-state index is 11.5. The molecule has 0 atom stereocenters. The molecule has 0 aliphatic rings. The molecule has 0 aliphatic carbocycles. The number of nitrogens with two attached hydrogens (primary N) is 1. The molecule has 1 aromatic rings. The van der Waals surface area contributed by atoms with Gasteiger partial charge < -0.3 is 10.6 Å². The Kier molecular flexibility index (Phi) is 4.70. The van der Waals surface area contributed by atoms with Crippen LogP contribution in [0.1, 0.15) is 4.88 Å². The van der Waals surface area contributed by atoms with Crippen molar-refractivity contribution >= 4 is 45.2 Å². The van der Waals surface area contributed by atoms with E-state index in [-0.39, 0.29) is 12.5 Å². The summed E-state index contributed by atoms with van der Waals surface area (Å²) in [6.07, 6.45) is 3.12. The summed E-state index contributed by atoms with van der Waals surface area (Å²) in [5.74, 6) is -0.772. The Morgan fingerprint density at radius 1 is 1.56 bits per heavy atom. The van der Waals surface area contributed by atoms with Crippen molar-refractivity contribution in [1.29, 1.82) is 0 Å². The summed E-state index contributed by atoms with van der Waals surface area (Å²) < 4.78 is 1.00. The number of likely N-dealkylation sites (N-methyl/N-ethyl adjacent to an activating group) is 1. The molecule has 16 heavy (non-hydrogen) atoms. The van der Waals surface area contributed by atoms with Crippen molar-refractivity contribution in [3.05, 3.63) is 26.9 Å². The number of rotatable bonds is 4. The molecule has 1 aromatic heterocycles. The van der Waals surface area contributed by atoms with Crippen LogP contribution in [0, 0.1) is 0 Å². The zero-order valence-electron chi connectivity index (χ0n) is 8.64. The average molecular weight is 303 g/mol. The summed E-state index contributed by atoms with van der Waals surface area (Å²) in [6, 6.07) is 3.80. The van der Waals surface area contributed by atoms with Crippen molar-refractivity contribution in [2.75, 3.05) is 13.6 Å². The van der Waals surface area contributed by atoms with Crippen LogP contribution in [0.5, 0.6) is 0 Å². The number of carbonyl (C=O) groups excluding carboxylic acids is 2. The first-order valence-corrected chi connectivity index (χ1v) is 6.07. The van der Waals surface area contributed by atoms with Crippen molar-refractivity contribution in [3.8, 4) is 0 Å². The van der Waals surface area contributed by atoms with E-state index in [4.69, 9.17) is 5.73 Å². The van der Waals surface area contributed by atoms with Gasteiger partial charge in [-0.25, -0.2) is 0 Å². The standard InChI is InChI=1S/C10H11BrN2O2S/c1-13(6-9(12)14)10(15)5-3-7-2-4-8(11)16-7/h2-5H,6H2,1H3,(H2,12,14). The fraction of sp³-hybridized carbons (Fsp3) is 0.200. The van der Waals surface area contributed by atoms with Gasteiger partial charge in [0.15, 0.2) is 0 Å². The van der Waals surface area contributed by atoms with Gasteiger partial charge in [-0.3, -0.25) is 9.59 Å². The molecule has 0 aromatic carbocycles. The maximum Gasteiger partial charge on any atom is 0.246 e. The minimum Gasteiger partial charge on any atom is -0.368 e. The third-order valence-corrected chi connectivity index (χ3v) is 3.34. The predicted octanol–water partition coefficient (Wildman–Crippen LogP) is 1.47. The number of amides is 2. The van der Waals surface area contributed by atoms with E-state index in [0.717, 1.165) is 8.66 Å². The van der Waals surface area contributed by atoms with E-state index < -0.39 is 5.91 Å². The second-order valence-corrected chi connectivity index (χ2v) is 5.63. The van der Waals surface area contributed by atoms with Crippen molar-refractivity contribution in [3.63, 3.8) is 0 Å². The molecule has 0 radical (unpaired) electrons. The number of carbonyl (C=O) groups is 2. The molecule has 86 valence electrons. The molecule has 2 amide bonds. The van der Waals surface area contributed by atoms with Gasteiger partial charge in [-0.15, -0.1) is 11.3 Å². The molecule has 0 bridgehead atoms. The number of primary amides is 1. The highest BCUT2D eigenvalue weighted by Gasteiger charge is 2.07. The molecule has 4 nitrogen and oxygen atoms in total. The van der Waals surface area contributed by atoms with E-state index >= 15 is 0 Å². The van der Waals surface area contributed by atoms with E-state index in [1.54, 1.807) is 6.08 Å². The van der Waals surface area contributed by atoms with Crippen molar-refractivity contribution in [1.82, 2.24) is 4.90 Å². The number of halogens is 1. The summed E-state index contributed by atoms with van der Waals surface area (Å²) >= 11 is 4.85. The molecule has 1 heterocycles. The zero-order valence-corrected chi connectivity index (χ0v) is 11.0. The fourth-order valence-corrected chi connectivity index (χ4v) is 2.34. The van der Waals surface area contributed by atoms with Crippen molar-refractivity contribution in [2.24, 2.45) is 5.73 Å². The highest BCUT2D eigenvalue weighted by atomic mass is 79.9. The number of nitrogens with zero attached hydrogens (tertiary/aromatic N) is 1. The van der Waals surface area contributed by atoms with Crippen molar-refractivity contribution < 1.29 is 9.59 Å². The summed E-state index contributed by atoms with van der Waals surface area (Å²) in [7, 11) is 1.53. The van der Waals surface area contributed by atoms with Crippen LogP contribution < -0.4 is 5.73 Å². The van der Waals surface area contributed by atoms with E-state index in [9.17, 15) is 9.59 Å². The lowest BCUT2D eigenvalue weighted by Gasteiger charge is -2.11. The average Bonchev–Trinajstić information content (AvgIpc) is 2.59. The highest BCUT2D eigenvalue weighted by molar-refractivity contribution is 9.11. The Morgan fingerprint density at radius 3 is 2.75 bits per heavy atom. The summed E-state index contributed by atoms with van der Waals surface area (Å²) in [4.78, 5) is 24.3. The lowest BCUT2D eigenvalue weighted by molar-refractivity contribution is -0.129. The molecular weight excluding hydrogens is 292 g/mol. The first kappa shape index (κ1) is 12.9. The summed E-state index contributed by atoms with van der Waals surface area (Å²) in [5.41, 5.74) is 4.98. The molecular formula is C10H11BrN2O2S. The molecule has 2 N–H and O–H groups in total. The van der Waals surface area contributed by atoms with Gasteiger partial charge in [0, 0.05) is 18.0 Å². The largest absolute Gasteiger partial charge is 0.368 e. The maximum absolute atomic E-state index is 11.5. The summed E-state index contributed by atoms with van der Waals surface area (Å²) in [5, 5.41) is 0. The Morgan fingerprint density at radius 2 is 2.25 bits per heavy atom. The monoisotopic (exact) mass is 302 g/mol. The van der Waals surface area contributed by atoms with Crippen LogP contribution in [0.3, 0.4) is 0 Å². The van der Waals surface area contributed by atoms with E-state index in [1.807, 2.05) is 12.1 Å². The fourth-order valence-electron chi connectivity index (χ4n) is 1.01. The number of hydrogen-bond donors (Lipinski definition) is 1. The number of hydrogen-bond acceptors (Lipinski definition) is 3. The Bertz CT molecular complexity index is 428. The molecule has 0 saturated carbocycles. The SMILES string of the molecule is CN(CC(N)=O)C(=O)C=Cc1ccc(Br)s1. The molecule has 6 heteroatoms. The Labute approximate surface area is 106 Å². The smallest absolute Gasteiger partial charge is 0.246 e. The molecule has 0 fully saturated rings. The van der Waals surface area contributed by atoms with Gasteiger partial charge in [-0.2, -0.15) is 0 Å². The topological polar surface area (TPSA) is 63.4 Å². The molecule has 1 rings (SSSR count). The minimum atomic E-state index is -0.525. The van der Waals surface area contributed by atoms with E-state index in [0.29, 0.717) is 0 Å². The van der Waals surface area contributed by atoms with Gasteiger partial charge in [0.2, 0.25) is 11.8 Å². The van der Waals surface area contributed by atoms with Gasteiger partial charge in [-0.1, -0.05) is 0 Å². The third kappa shape index (κ3) is 4.16. The van der Waals surface area contributed by atoms with Gasteiger partial charge in [0.05, 0.1) is 10.3 Å². The summed E-state index contributed by atoms with van der Waals surface area (Å²) in [6.45, 7) is -0.0721. The lowest BCUT2D eigenvalue weighted by atomic mass is 10.4.